The SMILES string of the molecule is O=C(CC(S)(S)c1ccccn1)NNc1ccc(C(=O)O)cc1. The van der Waals surface area contributed by atoms with Crippen LogP contribution < -0.4 is 10.9 Å². The molecule has 0 atom stereocenters. The number of pyridine rings is 1. The van der Waals surface area contributed by atoms with Crippen LogP contribution in [0.4, 0.5) is 5.69 Å². The lowest BCUT2D eigenvalue weighted by Gasteiger charge is -2.21. The normalized spacial score (nSPS) is 10.9. The van der Waals surface area contributed by atoms with Gasteiger partial charge < -0.3 is 5.11 Å². The lowest BCUT2D eigenvalue weighted by atomic mass is 10.2. The molecule has 0 saturated heterocycles. The van der Waals surface area contributed by atoms with Gasteiger partial charge in [0, 0.05) is 6.20 Å². The third kappa shape index (κ3) is 4.90. The van der Waals surface area contributed by atoms with Crippen LogP contribution in [0.5, 0.6) is 0 Å². The van der Waals surface area contributed by atoms with Crippen LogP contribution >= 0.6 is 25.3 Å². The molecule has 0 aliphatic heterocycles. The second-order valence-corrected chi connectivity index (χ2v) is 6.64. The van der Waals surface area contributed by atoms with Gasteiger partial charge in [-0.05, 0) is 36.4 Å². The average Bonchev–Trinajstić information content (AvgIpc) is 2.54. The van der Waals surface area contributed by atoms with Crippen molar-refractivity contribution in [1.29, 1.82) is 0 Å². The molecule has 0 aliphatic rings. The molecule has 0 aliphatic carbocycles. The maximum absolute atomic E-state index is 12.0. The van der Waals surface area contributed by atoms with Gasteiger partial charge in [-0.3, -0.25) is 20.6 Å². The molecule has 6 nitrogen and oxygen atoms in total. The van der Waals surface area contributed by atoms with E-state index < -0.39 is 10.0 Å². The predicted octanol–water partition coefficient (Wildman–Crippen LogP) is 2.33. The minimum absolute atomic E-state index is 0.00353. The summed E-state index contributed by atoms with van der Waals surface area (Å²) in [4.78, 5) is 26.9. The number of carboxylic acids is 1. The molecule has 0 fully saturated rings. The number of nitrogens with one attached hydrogen (secondary N) is 2. The summed E-state index contributed by atoms with van der Waals surface area (Å²) in [6, 6.07) is 11.3. The zero-order valence-electron chi connectivity index (χ0n) is 11.9. The van der Waals surface area contributed by atoms with Gasteiger partial charge in [-0.15, -0.1) is 0 Å². The molecule has 2 rings (SSSR count). The Morgan fingerprint density at radius 2 is 1.83 bits per heavy atom. The number of hydrazine groups is 1. The number of amides is 1. The number of carbonyl (C=O) groups is 2. The van der Waals surface area contributed by atoms with Gasteiger partial charge in [0.15, 0.2) is 0 Å². The topological polar surface area (TPSA) is 91.3 Å². The Bertz CT molecular complexity index is 691. The molecular weight excluding hydrogens is 334 g/mol. The van der Waals surface area contributed by atoms with Gasteiger partial charge in [0.1, 0.15) is 4.08 Å². The van der Waals surface area contributed by atoms with E-state index in [2.05, 4.69) is 41.1 Å². The number of aromatic nitrogens is 1. The second-order valence-electron chi connectivity index (χ2n) is 4.76. The van der Waals surface area contributed by atoms with Crippen molar-refractivity contribution in [3.63, 3.8) is 0 Å². The van der Waals surface area contributed by atoms with E-state index in [1.807, 2.05) is 0 Å². The molecule has 1 aromatic carbocycles. The van der Waals surface area contributed by atoms with Gasteiger partial charge in [-0.1, -0.05) is 6.07 Å². The molecule has 3 N–H and O–H groups in total. The van der Waals surface area contributed by atoms with Gasteiger partial charge in [0.25, 0.3) is 0 Å². The summed E-state index contributed by atoms with van der Waals surface area (Å²) in [5.74, 6) is -1.34. The van der Waals surface area contributed by atoms with Crippen LogP contribution in [0.15, 0.2) is 48.7 Å². The van der Waals surface area contributed by atoms with Crippen LogP contribution in [0.1, 0.15) is 22.5 Å². The number of aromatic carboxylic acids is 1. The molecule has 2 aromatic rings. The third-order valence-corrected chi connectivity index (χ3v) is 3.73. The molecule has 1 amide bonds. The molecule has 0 bridgehead atoms. The summed E-state index contributed by atoms with van der Waals surface area (Å²) >= 11 is 8.76. The zero-order chi connectivity index (χ0) is 16.9. The van der Waals surface area contributed by atoms with Gasteiger partial charge in [-0.2, -0.15) is 25.3 Å². The molecule has 1 heterocycles. The number of carboxylic acid groups (broad SMARTS) is 1. The molecule has 0 spiro atoms. The summed E-state index contributed by atoms with van der Waals surface area (Å²) in [5, 5.41) is 8.82. The molecular formula is C15H15N3O3S2. The Labute approximate surface area is 144 Å². The zero-order valence-corrected chi connectivity index (χ0v) is 13.7. The monoisotopic (exact) mass is 349 g/mol. The van der Waals surface area contributed by atoms with Crippen LogP contribution in [0.25, 0.3) is 0 Å². The van der Waals surface area contributed by atoms with E-state index in [1.165, 1.54) is 12.1 Å². The average molecular weight is 349 g/mol. The van der Waals surface area contributed by atoms with Gasteiger partial charge in [0.05, 0.1) is 23.4 Å². The molecule has 0 unspecified atom stereocenters. The van der Waals surface area contributed by atoms with Crippen molar-refractivity contribution in [2.45, 2.75) is 10.5 Å². The second kappa shape index (κ2) is 7.38. The largest absolute Gasteiger partial charge is 0.478 e. The van der Waals surface area contributed by atoms with E-state index in [9.17, 15) is 9.59 Å². The van der Waals surface area contributed by atoms with Crippen molar-refractivity contribution in [3.05, 3.63) is 59.9 Å². The maximum Gasteiger partial charge on any atom is 0.335 e. The molecule has 120 valence electrons. The summed E-state index contributed by atoms with van der Waals surface area (Å²) in [6.45, 7) is 0. The number of anilines is 1. The van der Waals surface area contributed by atoms with Crippen LogP contribution in [0, 0.1) is 0 Å². The lowest BCUT2D eigenvalue weighted by molar-refractivity contribution is -0.120. The number of hydrogen-bond donors (Lipinski definition) is 5. The van der Waals surface area contributed by atoms with Crippen LogP contribution in [-0.2, 0) is 8.87 Å². The number of thiol groups is 2. The minimum atomic E-state index is -1.01. The first-order valence-corrected chi connectivity index (χ1v) is 7.52. The van der Waals surface area contributed by atoms with Gasteiger partial charge in [0.2, 0.25) is 5.91 Å². The minimum Gasteiger partial charge on any atom is -0.478 e. The molecule has 23 heavy (non-hydrogen) atoms. The van der Waals surface area contributed by atoms with Crippen LogP contribution in [0.2, 0.25) is 0 Å². The quantitative estimate of drug-likeness (QED) is 0.314. The van der Waals surface area contributed by atoms with Crippen molar-refractivity contribution in [1.82, 2.24) is 10.4 Å². The fourth-order valence-corrected chi connectivity index (χ4v) is 2.35. The van der Waals surface area contributed by atoms with Crippen molar-refractivity contribution >= 4 is 42.8 Å². The molecule has 0 saturated carbocycles. The Kier molecular flexibility index (Phi) is 5.51. The summed E-state index contributed by atoms with van der Waals surface area (Å²) in [6.07, 6.45) is 1.60. The van der Waals surface area contributed by atoms with E-state index >= 15 is 0 Å². The smallest absolute Gasteiger partial charge is 0.335 e. The van der Waals surface area contributed by atoms with Gasteiger partial charge >= 0.3 is 5.97 Å². The van der Waals surface area contributed by atoms with Crippen molar-refractivity contribution in [2.24, 2.45) is 0 Å². The van der Waals surface area contributed by atoms with Crippen LogP contribution in [0.3, 0.4) is 0 Å². The summed E-state index contributed by atoms with van der Waals surface area (Å²) < 4.78 is -1.000. The van der Waals surface area contributed by atoms with E-state index in [-0.39, 0.29) is 17.9 Å². The van der Waals surface area contributed by atoms with E-state index in [4.69, 9.17) is 5.11 Å². The van der Waals surface area contributed by atoms with Crippen molar-refractivity contribution in [3.8, 4) is 0 Å². The first-order chi connectivity index (χ1) is 10.9. The highest BCUT2D eigenvalue weighted by molar-refractivity contribution is 7.99. The Hall–Kier alpha value is -2.19. The number of carbonyl (C=O) groups excluding carboxylic acids is 1. The Morgan fingerprint density at radius 3 is 2.39 bits per heavy atom. The maximum atomic E-state index is 12.0. The molecule has 8 heteroatoms. The number of hydrogen-bond acceptors (Lipinski definition) is 6. The Morgan fingerprint density at radius 1 is 1.13 bits per heavy atom. The fraction of sp³-hybridized carbons (Fsp3) is 0.133. The van der Waals surface area contributed by atoms with E-state index in [0.717, 1.165) is 0 Å². The van der Waals surface area contributed by atoms with E-state index in [0.29, 0.717) is 11.4 Å². The predicted molar refractivity (Wildman–Crippen MR) is 93.7 cm³/mol. The first-order valence-electron chi connectivity index (χ1n) is 6.63. The standard InChI is InChI=1S/C15H15N3O3S2/c19-13(9-15(22,23)12-3-1-2-8-16-12)18-17-11-6-4-10(5-7-11)14(20)21/h1-8,17,22-23H,9H2,(H,18,19)(H,20,21). The van der Waals surface area contributed by atoms with Crippen molar-refractivity contribution in [2.75, 3.05) is 5.43 Å². The van der Waals surface area contributed by atoms with Crippen LogP contribution in [-0.4, -0.2) is 22.0 Å². The number of benzene rings is 1. The highest BCUT2D eigenvalue weighted by Crippen LogP contribution is 2.34. The third-order valence-electron chi connectivity index (χ3n) is 2.96. The van der Waals surface area contributed by atoms with Gasteiger partial charge in [-0.25, -0.2) is 4.79 Å². The highest BCUT2D eigenvalue weighted by atomic mass is 32.2. The first kappa shape index (κ1) is 17.2. The number of nitrogens with zero attached hydrogens (tertiary/aromatic N) is 1. The lowest BCUT2D eigenvalue weighted by Crippen LogP contribution is -2.33. The summed E-state index contributed by atoms with van der Waals surface area (Å²) in [7, 11) is 0. The summed E-state index contributed by atoms with van der Waals surface area (Å²) in [5.41, 5.74) is 6.52. The molecule has 1 aromatic heterocycles. The van der Waals surface area contributed by atoms with Crippen molar-refractivity contribution < 1.29 is 14.7 Å². The fourth-order valence-electron chi connectivity index (χ4n) is 1.80. The number of rotatable bonds is 6. The van der Waals surface area contributed by atoms with E-state index in [1.54, 1.807) is 36.5 Å². The Balaban J connectivity index is 1.91. The highest BCUT2D eigenvalue weighted by Gasteiger charge is 2.27. The molecule has 0 radical (unpaired) electrons.